The lowest BCUT2D eigenvalue weighted by atomic mass is 10.0. The van der Waals surface area contributed by atoms with Crippen LogP contribution in [-0.4, -0.2) is 17.3 Å². The van der Waals surface area contributed by atoms with Gasteiger partial charge in [-0.3, -0.25) is 0 Å². The smallest absolute Gasteiger partial charge is 0.0608 e. The van der Waals surface area contributed by atoms with Gasteiger partial charge in [-0.15, -0.1) is 0 Å². The standard InChI is InChI=1S/C12H17Cl2NO/c1-8(15-12(2,3)7-16)9-4-5-10(13)11(14)6-9/h4-6,8,15-16H,7H2,1-3H3. The molecule has 1 aromatic carbocycles. The minimum atomic E-state index is -0.314. The highest BCUT2D eigenvalue weighted by Crippen LogP contribution is 2.26. The number of halogens is 2. The highest BCUT2D eigenvalue weighted by atomic mass is 35.5. The van der Waals surface area contributed by atoms with Crippen molar-refractivity contribution < 1.29 is 5.11 Å². The van der Waals surface area contributed by atoms with Crippen molar-refractivity contribution in [2.24, 2.45) is 0 Å². The minimum Gasteiger partial charge on any atom is -0.394 e. The van der Waals surface area contributed by atoms with Crippen molar-refractivity contribution in [1.29, 1.82) is 0 Å². The molecule has 1 atom stereocenters. The molecule has 16 heavy (non-hydrogen) atoms. The fourth-order valence-electron chi connectivity index (χ4n) is 1.50. The van der Waals surface area contributed by atoms with Crippen molar-refractivity contribution in [1.82, 2.24) is 5.32 Å². The summed E-state index contributed by atoms with van der Waals surface area (Å²) in [7, 11) is 0. The average Bonchev–Trinajstić information content (AvgIpc) is 2.21. The molecule has 1 rings (SSSR count). The van der Waals surface area contributed by atoms with Crippen molar-refractivity contribution in [3.05, 3.63) is 33.8 Å². The van der Waals surface area contributed by atoms with Crippen molar-refractivity contribution in [2.75, 3.05) is 6.61 Å². The summed E-state index contributed by atoms with van der Waals surface area (Å²) < 4.78 is 0. The lowest BCUT2D eigenvalue weighted by Crippen LogP contribution is -2.43. The molecule has 0 aliphatic heterocycles. The number of nitrogens with one attached hydrogen (secondary N) is 1. The zero-order valence-electron chi connectivity index (χ0n) is 9.72. The number of hydrogen-bond donors (Lipinski definition) is 2. The molecule has 0 aliphatic carbocycles. The van der Waals surface area contributed by atoms with Gasteiger partial charge in [-0.25, -0.2) is 0 Å². The monoisotopic (exact) mass is 261 g/mol. The Balaban J connectivity index is 2.81. The van der Waals surface area contributed by atoms with Gasteiger partial charge in [0.05, 0.1) is 16.7 Å². The first-order chi connectivity index (χ1) is 7.35. The minimum absolute atomic E-state index is 0.0820. The van der Waals surface area contributed by atoms with E-state index in [2.05, 4.69) is 5.32 Å². The number of aliphatic hydroxyl groups excluding tert-OH is 1. The maximum Gasteiger partial charge on any atom is 0.0608 e. The van der Waals surface area contributed by atoms with Crippen LogP contribution in [0.1, 0.15) is 32.4 Å². The summed E-state index contributed by atoms with van der Waals surface area (Å²) in [5.74, 6) is 0. The van der Waals surface area contributed by atoms with Gasteiger partial charge < -0.3 is 10.4 Å². The Bertz CT molecular complexity index is 366. The molecule has 1 unspecified atom stereocenters. The number of hydrogen-bond acceptors (Lipinski definition) is 2. The molecule has 90 valence electrons. The van der Waals surface area contributed by atoms with E-state index in [0.717, 1.165) is 5.56 Å². The lowest BCUT2D eigenvalue weighted by molar-refractivity contribution is 0.178. The molecule has 0 aliphatic rings. The second-order valence-corrected chi connectivity index (χ2v) is 5.40. The largest absolute Gasteiger partial charge is 0.394 e. The van der Waals surface area contributed by atoms with E-state index in [1.165, 1.54) is 0 Å². The van der Waals surface area contributed by atoms with Crippen molar-refractivity contribution in [3.8, 4) is 0 Å². The quantitative estimate of drug-likeness (QED) is 0.871. The van der Waals surface area contributed by atoms with Gasteiger partial charge in [0.25, 0.3) is 0 Å². The fourth-order valence-corrected chi connectivity index (χ4v) is 1.80. The van der Waals surface area contributed by atoms with Crippen molar-refractivity contribution in [3.63, 3.8) is 0 Å². The molecule has 0 amide bonds. The Hall–Kier alpha value is -0.280. The van der Waals surface area contributed by atoms with Crippen LogP contribution in [0.4, 0.5) is 0 Å². The highest BCUT2D eigenvalue weighted by Gasteiger charge is 2.19. The zero-order chi connectivity index (χ0) is 12.3. The van der Waals surface area contributed by atoms with Gasteiger partial charge in [0.2, 0.25) is 0 Å². The van der Waals surface area contributed by atoms with E-state index in [9.17, 15) is 5.11 Å². The van der Waals surface area contributed by atoms with E-state index in [0.29, 0.717) is 10.0 Å². The average molecular weight is 262 g/mol. The molecular formula is C12H17Cl2NO. The molecule has 0 fully saturated rings. The summed E-state index contributed by atoms with van der Waals surface area (Å²) in [6, 6.07) is 5.66. The Morgan fingerprint density at radius 2 is 1.94 bits per heavy atom. The summed E-state index contributed by atoms with van der Waals surface area (Å²) in [5.41, 5.74) is 0.738. The van der Waals surface area contributed by atoms with Crippen LogP contribution in [-0.2, 0) is 0 Å². The fraction of sp³-hybridized carbons (Fsp3) is 0.500. The van der Waals surface area contributed by atoms with Crippen LogP contribution in [0, 0.1) is 0 Å². The van der Waals surface area contributed by atoms with Crippen LogP contribution in [0.15, 0.2) is 18.2 Å². The molecule has 1 aromatic rings. The van der Waals surface area contributed by atoms with Crippen LogP contribution in [0.25, 0.3) is 0 Å². The molecule has 4 heteroatoms. The molecule has 0 spiro atoms. The number of benzene rings is 1. The Morgan fingerprint density at radius 3 is 2.44 bits per heavy atom. The van der Waals surface area contributed by atoms with Crippen LogP contribution in [0.2, 0.25) is 10.0 Å². The first-order valence-electron chi connectivity index (χ1n) is 5.19. The van der Waals surface area contributed by atoms with E-state index < -0.39 is 0 Å². The second-order valence-electron chi connectivity index (χ2n) is 4.58. The van der Waals surface area contributed by atoms with Gasteiger partial charge in [-0.1, -0.05) is 29.3 Å². The molecule has 2 nitrogen and oxygen atoms in total. The van der Waals surface area contributed by atoms with Gasteiger partial charge in [-0.05, 0) is 38.5 Å². The van der Waals surface area contributed by atoms with Gasteiger partial charge in [0.15, 0.2) is 0 Å². The van der Waals surface area contributed by atoms with Crippen LogP contribution in [0.3, 0.4) is 0 Å². The Morgan fingerprint density at radius 1 is 1.31 bits per heavy atom. The van der Waals surface area contributed by atoms with E-state index >= 15 is 0 Å². The maximum atomic E-state index is 9.18. The third kappa shape index (κ3) is 3.63. The summed E-state index contributed by atoms with van der Waals surface area (Å²) in [6.07, 6.45) is 0. The van der Waals surface area contributed by atoms with Crippen LogP contribution >= 0.6 is 23.2 Å². The Kier molecular flexibility index (Phi) is 4.62. The van der Waals surface area contributed by atoms with Crippen molar-refractivity contribution >= 4 is 23.2 Å². The van der Waals surface area contributed by atoms with E-state index in [1.54, 1.807) is 6.07 Å². The second kappa shape index (κ2) is 5.37. The molecule has 0 heterocycles. The van der Waals surface area contributed by atoms with Gasteiger partial charge >= 0.3 is 0 Å². The Labute approximate surface area is 107 Å². The summed E-state index contributed by atoms with van der Waals surface area (Å²) in [4.78, 5) is 0. The van der Waals surface area contributed by atoms with Gasteiger partial charge in [0.1, 0.15) is 0 Å². The lowest BCUT2D eigenvalue weighted by Gasteiger charge is -2.28. The van der Waals surface area contributed by atoms with E-state index in [4.69, 9.17) is 23.2 Å². The van der Waals surface area contributed by atoms with Crippen LogP contribution in [0.5, 0.6) is 0 Å². The highest BCUT2D eigenvalue weighted by molar-refractivity contribution is 6.42. The van der Waals surface area contributed by atoms with Gasteiger partial charge in [0, 0.05) is 11.6 Å². The molecule has 0 saturated carbocycles. The summed E-state index contributed by atoms with van der Waals surface area (Å²) in [5, 5.41) is 13.6. The third-order valence-electron chi connectivity index (χ3n) is 2.45. The SMILES string of the molecule is CC(NC(C)(C)CO)c1ccc(Cl)c(Cl)c1. The first kappa shape index (κ1) is 13.8. The van der Waals surface area contributed by atoms with Crippen molar-refractivity contribution in [2.45, 2.75) is 32.4 Å². The number of rotatable bonds is 4. The topological polar surface area (TPSA) is 32.3 Å². The molecule has 0 radical (unpaired) electrons. The molecule has 0 saturated heterocycles. The predicted octanol–water partition coefficient (Wildman–Crippen LogP) is 3.41. The molecule has 0 aromatic heterocycles. The molecular weight excluding hydrogens is 245 g/mol. The molecule has 2 N–H and O–H groups in total. The van der Waals surface area contributed by atoms with Gasteiger partial charge in [-0.2, -0.15) is 0 Å². The maximum absolute atomic E-state index is 9.18. The van der Waals surface area contributed by atoms with Crippen LogP contribution < -0.4 is 5.32 Å². The normalized spacial score (nSPS) is 13.9. The zero-order valence-corrected chi connectivity index (χ0v) is 11.2. The molecule has 0 bridgehead atoms. The van der Waals surface area contributed by atoms with E-state index in [1.807, 2.05) is 32.9 Å². The third-order valence-corrected chi connectivity index (χ3v) is 3.19. The first-order valence-corrected chi connectivity index (χ1v) is 5.95. The predicted molar refractivity (Wildman–Crippen MR) is 69.2 cm³/mol. The summed E-state index contributed by atoms with van der Waals surface area (Å²) in [6.45, 7) is 6.00. The number of aliphatic hydroxyl groups is 1. The van der Waals surface area contributed by atoms with E-state index in [-0.39, 0.29) is 18.2 Å². The summed E-state index contributed by atoms with van der Waals surface area (Å²) >= 11 is 11.8.